The number of imidazole rings is 1. The summed E-state index contributed by atoms with van der Waals surface area (Å²) in [6.07, 6.45) is 0. The molecule has 3 rings (SSSR count). The molecule has 0 atom stereocenters. The summed E-state index contributed by atoms with van der Waals surface area (Å²) in [5.41, 5.74) is 2.54. The fourth-order valence-electron chi connectivity index (χ4n) is 2.92. The number of nitrogens with zero attached hydrogens (tertiary/aromatic N) is 3. The van der Waals surface area contributed by atoms with E-state index in [1.54, 1.807) is 36.2 Å². The summed E-state index contributed by atoms with van der Waals surface area (Å²) in [5, 5.41) is 2.84. The first-order chi connectivity index (χ1) is 12.8. The van der Waals surface area contributed by atoms with E-state index in [-0.39, 0.29) is 24.8 Å². The van der Waals surface area contributed by atoms with E-state index in [4.69, 9.17) is 0 Å². The topological polar surface area (TPSA) is 50.2 Å². The van der Waals surface area contributed by atoms with Crippen molar-refractivity contribution < 1.29 is 13.6 Å². The van der Waals surface area contributed by atoms with Crippen molar-refractivity contribution in [3.63, 3.8) is 0 Å². The van der Waals surface area contributed by atoms with E-state index in [2.05, 4.69) is 26.2 Å². The van der Waals surface area contributed by atoms with E-state index < -0.39 is 6.55 Å². The summed E-state index contributed by atoms with van der Waals surface area (Å²) in [5.74, 6) is 0.00366. The van der Waals surface area contributed by atoms with Crippen LogP contribution in [0, 0.1) is 6.92 Å². The molecule has 1 heterocycles. The van der Waals surface area contributed by atoms with Crippen LogP contribution in [0.2, 0.25) is 0 Å². The van der Waals surface area contributed by atoms with Gasteiger partial charge in [0.2, 0.25) is 5.91 Å². The third-order valence-electron chi connectivity index (χ3n) is 4.15. The summed E-state index contributed by atoms with van der Waals surface area (Å²) >= 11 is 3.38. The average Bonchev–Trinajstić information content (AvgIpc) is 2.95. The van der Waals surface area contributed by atoms with Gasteiger partial charge in [0.15, 0.2) is 0 Å². The largest absolute Gasteiger partial charge is 0.325 e. The SMILES string of the molecule is Cc1cc(Br)ccc1NC(=O)CN(C)Cc1nc2ccccc2n1C(F)F. The number of carbonyl (C=O) groups excluding carboxylic acids is 1. The minimum Gasteiger partial charge on any atom is -0.325 e. The lowest BCUT2D eigenvalue weighted by molar-refractivity contribution is -0.117. The minimum atomic E-state index is -2.69. The van der Waals surface area contributed by atoms with E-state index in [1.165, 1.54) is 0 Å². The van der Waals surface area contributed by atoms with E-state index >= 15 is 0 Å². The third kappa shape index (κ3) is 4.51. The van der Waals surface area contributed by atoms with Crippen LogP contribution in [0.5, 0.6) is 0 Å². The molecule has 0 unspecified atom stereocenters. The second-order valence-electron chi connectivity index (χ2n) is 6.34. The van der Waals surface area contributed by atoms with Gasteiger partial charge in [-0.2, -0.15) is 8.78 Å². The molecule has 27 heavy (non-hydrogen) atoms. The maximum Gasteiger partial charge on any atom is 0.320 e. The van der Waals surface area contributed by atoms with Crippen molar-refractivity contribution in [3.05, 3.63) is 58.3 Å². The molecule has 0 aliphatic carbocycles. The molecule has 0 radical (unpaired) electrons. The number of halogens is 3. The van der Waals surface area contributed by atoms with Crippen LogP contribution < -0.4 is 5.32 Å². The van der Waals surface area contributed by atoms with Crippen LogP contribution in [-0.2, 0) is 11.3 Å². The van der Waals surface area contributed by atoms with Crippen LogP contribution in [0.4, 0.5) is 14.5 Å². The zero-order valence-corrected chi connectivity index (χ0v) is 16.5. The summed E-state index contributed by atoms with van der Waals surface area (Å²) in [6, 6.07) is 12.3. The highest BCUT2D eigenvalue weighted by Crippen LogP contribution is 2.24. The van der Waals surface area contributed by atoms with Gasteiger partial charge in [0, 0.05) is 10.2 Å². The lowest BCUT2D eigenvalue weighted by Gasteiger charge is -2.17. The molecule has 0 spiro atoms. The maximum absolute atomic E-state index is 13.5. The Balaban J connectivity index is 1.70. The second kappa shape index (κ2) is 8.14. The Bertz CT molecular complexity index is 973. The number of aryl methyl sites for hydroxylation is 1. The van der Waals surface area contributed by atoms with Crippen LogP contribution >= 0.6 is 15.9 Å². The van der Waals surface area contributed by atoms with Crippen LogP contribution in [0.25, 0.3) is 11.0 Å². The number of hydrogen-bond donors (Lipinski definition) is 1. The predicted molar refractivity (Wildman–Crippen MR) is 105 cm³/mol. The Labute approximate surface area is 164 Å². The number of alkyl halides is 2. The Morgan fingerprint density at radius 2 is 2.04 bits per heavy atom. The molecule has 0 saturated carbocycles. The molecule has 0 aliphatic rings. The van der Waals surface area contributed by atoms with Crippen LogP contribution in [-0.4, -0.2) is 34.0 Å². The Morgan fingerprint density at radius 3 is 2.74 bits per heavy atom. The molecule has 8 heteroatoms. The molecular weight excluding hydrogens is 418 g/mol. The lowest BCUT2D eigenvalue weighted by atomic mass is 10.2. The first-order valence-corrected chi connectivity index (χ1v) is 9.13. The highest BCUT2D eigenvalue weighted by Gasteiger charge is 2.19. The number of benzene rings is 2. The maximum atomic E-state index is 13.5. The van der Waals surface area contributed by atoms with Gasteiger partial charge in [0.25, 0.3) is 0 Å². The minimum absolute atomic E-state index is 0.0575. The summed E-state index contributed by atoms with van der Waals surface area (Å²) < 4.78 is 28.8. The number of anilines is 1. The molecule has 1 aromatic heterocycles. The van der Waals surface area contributed by atoms with Gasteiger partial charge in [-0.15, -0.1) is 0 Å². The fourth-order valence-corrected chi connectivity index (χ4v) is 3.40. The van der Waals surface area contributed by atoms with Crippen molar-refractivity contribution in [2.75, 3.05) is 18.9 Å². The van der Waals surface area contributed by atoms with Gasteiger partial charge in [-0.3, -0.25) is 14.3 Å². The summed E-state index contributed by atoms with van der Waals surface area (Å²) in [7, 11) is 1.70. The van der Waals surface area contributed by atoms with Crippen molar-refractivity contribution in [2.24, 2.45) is 0 Å². The standard InChI is InChI=1S/C19H19BrF2N4O/c1-12-9-13(20)7-8-14(12)24-18(27)11-25(2)10-17-23-15-5-3-4-6-16(15)26(17)19(21)22/h3-9,19H,10-11H2,1-2H3,(H,24,27). The highest BCUT2D eigenvalue weighted by atomic mass is 79.9. The quantitative estimate of drug-likeness (QED) is 0.615. The summed E-state index contributed by atoms with van der Waals surface area (Å²) in [6.45, 7) is -0.608. The normalized spacial score (nSPS) is 11.5. The fraction of sp³-hybridized carbons (Fsp3) is 0.263. The van der Waals surface area contributed by atoms with Crippen LogP contribution in [0.1, 0.15) is 17.9 Å². The van der Waals surface area contributed by atoms with Gasteiger partial charge in [-0.25, -0.2) is 4.98 Å². The van der Waals surface area contributed by atoms with Gasteiger partial charge in [0.05, 0.1) is 24.1 Å². The van der Waals surface area contributed by atoms with Crippen molar-refractivity contribution in [3.8, 4) is 0 Å². The Hall–Kier alpha value is -2.32. The zero-order valence-electron chi connectivity index (χ0n) is 14.9. The van der Waals surface area contributed by atoms with E-state index in [0.29, 0.717) is 11.0 Å². The smallest absolute Gasteiger partial charge is 0.320 e. The van der Waals surface area contributed by atoms with Crippen molar-refractivity contribution >= 4 is 38.6 Å². The van der Waals surface area contributed by atoms with Gasteiger partial charge < -0.3 is 5.32 Å². The molecule has 0 bridgehead atoms. The highest BCUT2D eigenvalue weighted by molar-refractivity contribution is 9.10. The van der Waals surface area contributed by atoms with E-state index in [0.717, 1.165) is 20.3 Å². The average molecular weight is 437 g/mol. The molecule has 0 saturated heterocycles. The van der Waals surface area contributed by atoms with Gasteiger partial charge in [0.1, 0.15) is 5.82 Å². The zero-order chi connectivity index (χ0) is 19.6. The number of carbonyl (C=O) groups is 1. The lowest BCUT2D eigenvalue weighted by Crippen LogP contribution is -2.31. The number of hydrogen-bond acceptors (Lipinski definition) is 3. The second-order valence-corrected chi connectivity index (χ2v) is 7.26. The molecule has 2 aromatic carbocycles. The number of likely N-dealkylation sites (N-methyl/N-ethyl adjacent to an activating group) is 1. The van der Waals surface area contributed by atoms with Gasteiger partial charge >= 0.3 is 6.55 Å². The van der Waals surface area contributed by atoms with Crippen molar-refractivity contribution in [1.82, 2.24) is 14.5 Å². The van der Waals surface area contributed by atoms with Gasteiger partial charge in [-0.1, -0.05) is 28.1 Å². The van der Waals surface area contributed by atoms with Crippen LogP contribution in [0.3, 0.4) is 0 Å². The molecule has 3 aromatic rings. The number of fused-ring (bicyclic) bond motifs is 1. The first kappa shape index (κ1) is 19.4. The third-order valence-corrected chi connectivity index (χ3v) is 4.64. The number of amides is 1. The molecule has 5 nitrogen and oxygen atoms in total. The Morgan fingerprint density at radius 1 is 1.30 bits per heavy atom. The molecule has 1 amide bonds. The van der Waals surface area contributed by atoms with Crippen molar-refractivity contribution in [2.45, 2.75) is 20.0 Å². The van der Waals surface area contributed by atoms with Crippen LogP contribution in [0.15, 0.2) is 46.9 Å². The van der Waals surface area contributed by atoms with E-state index in [1.807, 2.05) is 25.1 Å². The number of aromatic nitrogens is 2. The summed E-state index contributed by atoms with van der Waals surface area (Å²) in [4.78, 5) is 18.3. The molecule has 0 fully saturated rings. The number of nitrogens with one attached hydrogen (secondary N) is 1. The predicted octanol–water partition coefficient (Wildman–Crippen LogP) is 4.57. The molecule has 1 N–H and O–H groups in total. The Kier molecular flexibility index (Phi) is 5.86. The van der Waals surface area contributed by atoms with Gasteiger partial charge in [-0.05, 0) is 49.9 Å². The molecule has 142 valence electrons. The van der Waals surface area contributed by atoms with E-state index in [9.17, 15) is 13.6 Å². The number of para-hydroxylation sites is 2. The number of rotatable bonds is 6. The molecular formula is C19H19BrF2N4O. The first-order valence-electron chi connectivity index (χ1n) is 8.33. The van der Waals surface area contributed by atoms with Crippen molar-refractivity contribution in [1.29, 1.82) is 0 Å². The molecule has 0 aliphatic heterocycles. The monoisotopic (exact) mass is 436 g/mol.